The van der Waals surface area contributed by atoms with Gasteiger partial charge in [0.2, 0.25) is 5.82 Å². The maximum absolute atomic E-state index is 13.1. The molecule has 0 saturated heterocycles. The van der Waals surface area contributed by atoms with Crippen LogP contribution in [0.2, 0.25) is 0 Å². The minimum atomic E-state index is -0.996. The van der Waals surface area contributed by atoms with Crippen molar-refractivity contribution in [3.63, 3.8) is 0 Å². The quantitative estimate of drug-likeness (QED) is 0.357. The number of aromatic nitrogens is 2. The first-order chi connectivity index (χ1) is 17.1. The fourth-order valence-electron chi connectivity index (χ4n) is 3.21. The van der Waals surface area contributed by atoms with Gasteiger partial charge in [-0.25, -0.2) is 14.0 Å². The van der Waals surface area contributed by atoms with Crippen molar-refractivity contribution in [2.75, 3.05) is 0 Å². The Labute approximate surface area is 200 Å². The van der Waals surface area contributed by atoms with Crippen LogP contribution in [0.25, 0.3) is 11.5 Å². The molecule has 0 aliphatic heterocycles. The number of esters is 1. The monoisotopic (exact) mass is 475 g/mol. The van der Waals surface area contributed by atoms with E-state index >= 15 is 0 Å². The lowest BCUT2D eigenvalue weighted by atomic mass is 10.1. The van der Waals surface area contributed by atoms with Gasteiger partial charge in [-0.15, -0.1) is 0 Å². The van der Waals surface area contributed by atoms with Crippen molar-refractivity contribution in [1.82, 2.24) is 15.5 Å². The minimum Gasteiger partial charge on any atom is -0.456 e. The van der Waals surface area contributed by atoms with Crippen molar-refractivity contribution in [2.24, 2.45) is 0 Å². The predicted molar refractivity (Wildman–Crippen MR) is 123 cm³/mol. The number of rotatable bonds is 9. The summed E-state index contributed by atoms with van der Waals surface area (Å²) in [7, 11) is 0. The second kappa shape index (κ2) is 11.6. The average molecular weight is 475 g/mol. The highest BCUT2D eigenvalue weighted by Gasteiger charge is 2.24. The summed E-state index contributed by atoms with van der Waals surface area (Å²) in [6.07, 6.45) is -0.544. The molecule has 0 bridgehead atoms. The highest BCUT2D eigenvalue weighted by Crippen LogP contribution is 2.17. The van der Waals surface area contributed by atoms with Crippen LogP contribution < -0.4 is 5.32 Å². The molecule has 0 aliphatic rings. The number of ether oxygens (including phenoxy) is 2. The average Bonchev–Trinajstić information content (AvgIpc) is 3.36. The largest absolute Gasteiger partial charge is 0.456 e. The second-order valence-electron chi connectivity index (χ2n) is 7.58. The van der Waals surface area contributed by atoms with Crippen molar-refractivity contribution in [3.8, 4) is 11.5 Å². The van der Waals surface area contributed by atoms with Gasteiger partial charge in [0.15, 0.2) is 6.61 Å². The molecule has 0 saturated carbocycles. The van der Waals surface area contributed by atoms with Gasteiger partial charge < -0.3 is 19.3 Å². The standard InChI is InChI=1S/C26H22FN3O5/c27-21-13-11-20(12-14-21)24-29-23(30-35-24)17-33-25(31)22(15-18-7-3-1-4-8-18)28-26(32)34-16-19-9-5-2-6-10-19/h1-14,22H,15-17H2,(H,28,32)/t22-/m0/s1. The molecule has 9 heteroatoms. The lowest BCUT2D eigenvalue weighted by Crippen LogP contribution is -2.43. The van der Waals surface area contributed by atoms with Gasteiger partial charge >= 0.3 is 12.1 Å². The van der Waals surface area contributed by atoms with Crippen LogP contribution >= 0.6 is 0 Å². The number of nitrogens with zero attached hydrogens (tertiary/aromatic N) is 2. The number of nitrogens with one attached hydrogen (secondary N) is 1. The summed E-state index contributed by atoms with van der Waals surface area (Å²) in [5, 5.41) is 6.36. The first kappa shape index (κ1) is 23.6. The molecule has 4 rings (SSSR count). The summed E-state index contributed by atoms with van der Waals surface area (Å²) in [5.74, 6) is -0.775. The number of halogens is 1. The first-order valence-electron chi connectivity index (χ1n) is 10.8. The molecule has 4 aromatic rings. The van der Waals surface area contributed by atoms with Gasteiger partial charge in [0.05, 0.1) is 0 Å². The van der Waals surface area contributed by atoms with E-state index in [4.69, 9.17) is 14.0 Å². The Balaban J connectivity index is 1.37. The van der Waals surface area contributed by atoms with E-state index in [-0.39, 0.29) is 37.2 Å². The minimum absolute atomic E-state index is 0.0643. The molecule has 178 valence electrons. The van der Waals surface area contributed by atoms with Crippen LogP contribution in [0, 0.1) is 5.82 Å². The van der Waals surface area contributed by atoms with Crippen LogP contribution in [0.3, 0.4) is 0 Å². The van der Waals surface area contributed by atoms with Gasteiger partial charge in [0.25, 0.3) is 5.89 Å². The number of benzene rings is 3. The molecule has 1 N–H and O–H groups in total. The molecule has 3 aromatic carbocycles. The molecule has 0 spiro atoms. The predicted octanol–water partition coefficient (Wildman–Crippen LogP) is 4.46. The van der Waals surface area contributed by atoms with Crippen LogP contribution in [0.15, 0.2) is 89.5 Å². The molecule has 1 heterocycles. The van der Waals surface area contributed by atoms with E-state index in [1.807, 2.05) is 60.7 Å². The van der Waals surface area contributed by atoms with E-state index in [1.54, 1.807) is 0 Å². The number of hydrogen-bond donors (Lipinski definition) is 1. The summed E-state index contributed by atoms with van der Waals surface area (Å²) in [6.45, 7) is -0.204. The van der Waals surface area contributed by atoms with E-state index in [0.29, 0.717) is 5.56 Å². The van der Waals surface area contributed by atoms with E-state index in [9.17, 15) is 14.0 Å². The van der Waals surface area contributed by atoms with Crippen LogP contribution in [0.4, 0.5) is 9.18 Å². The van der Waals surface area contributed by atoms with Crippen molar-refractivity contribution in [1.29, 1.82) is 0 Å². The molecule has 35 heavy (non-hydrogen) atoms. The Bertz CT molecular complexity index is 1250. The molecule has 1 amide bonds. The Kier molecular flexibility index (Phi) is 7.80. The molecule has 0 unspecified atom stereocenters. The third kappa shape index (κ3) is 6.97. The van der Waals surface area contributed by atoms with Crippen molar-refractivity contribution < 1.29 is 28.0 Å². The fraction of sp³-hybridized carbons (Fsp3) is 0.154. The molecule has 0 aliphatic carbocycles. The zero-order chi connectivity index (χ0) is 24.5. The lowest BCUT2D eigenvalue weighted by molar-refractivity contribution is -0.147. The van der Waals surface area contributed by atoms with Gasteiger partial charge in [0, 0.05) is 12.0 Å². The summed E-state index contributed by atoms with van der Waals surface area (Å²) >= 11 is 0. The van der Waals surface area contributed by atoms with E-state index in [0.717, 1.165) is 11.1 Å². The number of carbonyl (C=O) groups excluding carboxylic acids is 2. The van der Waals surface area contributed by atoms with Crippen LogP contribution in [0.1, 0.15) is 17.0 Å². The molecule has 0 fully saturated rings. The molecular formula is C26H22FN3O5. The van der Waals surface area contributed by atoms with Crippen LogP contribution in [0.5, 0.6) is 0 Å². The Morgan fingerprint density at radius 1 is 0.857 bits per heavy atom. The van der Waals surface area contributed by atoms with Crippen molar-refractivity contribution >= 4 is 12.1 Å². The molecule has 1 atom stereocenters. The maximum Gasteiger partial charge on any atom is 0.408 e. The topological polar surface area (TPSA) is 104 Å². The fourth-order valence-corrected chi connectivity index (χ4v) is 3.21. The molecule has 8 nitrogen and oxygen atoms in total. The smallest absolute Gasteiger partial charge is 0.408 e. The summed E-state index contributed by atoms with van der Waals surface area (Å²) in [5.41, 5.74) is 2.18. The highest BCUT2D eigenvalue weighted by atomic mass is 19.1. The third-order valence-corrected chi connectivity index (χ3v) is 4.97. The summed E-state index contributed by atoms with van der Waals surface area (Å²) in [4.78, 5) is 29.4. The summed E-state index contributed by atoms with van der Waals surface area (Å²) < 4.78 is 28.9. The zero-order valence-electron chi connectivity index (χ0n) is 18.6. The normalized spacial score (nSPS) is 11.5. The van der Waals surface area contributed by atoms with E-state index in [2.05, 4.69) is 15.5 Å². The van der Waals surface area contributed by atoms with Crippen LogP contribution in [-0.4, -0.2) is 28.2 Å². The molecular weight excluding hydrogens is 453 g/mol. The number of hydrogen-bond acceptors (Lipinski definition) is 7. The Morgan fingerprint density at radius 2 is 1.51 bits per heavy atom. The highest BCUT2D eigenvalue weighted by molar-refractivity contribution is 5.81. The number of carbonyl (C=O) groups is 2. The van der Waals surface area contributed by atoms with Gasteiger partial charge in [-0.2, -0.15) is 4.98 Å². The Morgan fingerprint density at radius 3 is 2.20 bits per heavy atom. The zero-order valence-corrected chi connectivity index (χ0v) is 18.6. The van der Waals surface area contributed by atoms with Gasteiger partial charge in [0.1, 0.15) is 18.5 Å². The van der Waals surface area contributed by atoms with E-state index in [1.165, 1.54) is 24.3 Å². The van der Waals surface area contributed by atoms with Crippen molar-refractivity contribution in [3.05, 3.63) is 108 Å². The second-order valence-corrected chi connectivity index (χ2v) is 7.58. The Hall–Kier alpha value is -4.53. The lowest BCUT2D eigenvalue weighted by Gasteiger charge is -2.17. The summed E-state index contributed by atoms with van der Waals surface area (Å²) in [6, 6.07) is 22.9. The molecule has 1 aromatic heterocycles. The third-order valence-electron chi connectivity index (χ3n) is 4.97. The number of amides is 1. The van der Waals surface area contributed by atoms with E-state index < -0.39 is 18.1 Å². The first-order valence-corrected chi connectivity index (χ1v) is 10.8. The van der Waals surface area contributed by atoms with Gasteiger partial charge in [-0.05, 0) is 35.4 Å². The molecule has 0 radical (unpaired) electrons. The van der Waals surface area contributed by atoms with Gasteiger partial charge in [-0.3, -0.25) is 0 Å². The van der Waals surface area contributed by atoms with Crippen molar-refractivity contribution in [2.45, 2.75) is 25.7 Å². The van der Waals surface area contributed by atoms with Gasteiger partial charge in [-0.1, -0.05) is 65.8 Å². The maximum atomic E-state index is 13.1. The SMILES string of the molecule is O=C(N[C@@H](Cc1ccccc1)C(=O)OCc1noc(-c2ccc(F)cc2)n1)OCc1ccccc1. The number of alkyl carbamates (subject to hydrolysis) is 1. The van der Waals surface area contributed by atoms with Crippen LogP contribution in [-0.2, 0) is 33.9 Å².